The first-order valence-corrected chi connectivity index (χ1v) is 4.35. The molecule has 4 nitrogen and oxygen atoms in total. The minimum Gasteiger partial charge on any atom is -0.258 e. The van der Waals surface area contributed by atoms with Crippen molar-refractivity contribution < 1.29 is 13.7 Å². The summed E-state index contributed by atoms with van der Waals surface area (Å²) in [5.74, 6) is -2.51. The Bertz CT molecular complexity index is 492. The van der Waals surface area contributed by atoms with Gasteiger partial charge in [-0.3, -0.25) is 10.1 Å². The predicted molar refractivity (Wildman–Crippen MR) is 51.7 cm³/mol. The molecule has 84 valence electrons. The minimum atomic E-state index is -1.30. The van der Waals surface area contributed by atoms with Crippen LogP contribution in [-0.2, 0) is 5.41 Å². The molecule has 0 atom stereocenters. The van der Waals surface area contributed by atoms with Crippen LogP contribution in [0.3, 0.4) is 0 Å². The molecule has 0 aromatic heterocycles. The summed E-state index contributed by atoms with van der Waals surface area (Å²) in [6, 6.07) is 2.99. The fourth-order valence-corrected chi connectivity index (χ4v) is 1.25. The van der Waals surface area contributed by atoms with Gasteiger partial charge in [-0.1, -0.05) is 0 Å². The van der Waals surface area contributed by atoms with Crippen LogP contribution in [0, 0.1) is 33.1 Å². The highest BCUT2D eigenvalue weighted by Gasteiger charge is 2.30. The summed E-state index contributed by atoms with van der Waals surface area (Å²) < 4.78 is 25.8. The number of nitriles is 1. The molecule has 1 rings (SSSR count). The standard InChI is InChI=1S/C10H8F2N2O2/c1-10(2,5-13)6-3-7(11)8(12)4-9(6)14(15)16/h3-4H,1-2H3. The molecule has 0 saturated heterocycles. The van der Waals surface area contributed by atoms with E-state index in [1.54, 1.807) is 6.07 Å². The molecule has 0 spiro atoms. The molecule has 1 aromatic rings. The zero-order valence-corrected chi connectivity index (χ0v) is 8.62. The normalized spacial score (nSPS) is 10.9. The van der Waals surface area contributed by atoms with E-state index >= 15 is 0 Å². The van der Waals surface area contributed by atoms with Crippen molar-refractivity contribution in [3.8, 4) is 6.07 Å². The third kappa shape index (κ3) is 1.98. The van der Waals surface area contributed by atoms with E-state index in [0.29, 0.717) is 12.1 Å². The Kier molecular flexibility index (Phi) is 2.90. The van der Waals surface area contributed by atoms with Gasteiger partial charge in [0.2, 0.25) is 0 Å². The molecular weight excluding hydrogens is 218 g/mol. The maximum absolute atomic E-state index is 13.0. The van der Waals surface area contributed by atoms with Gasteiger partial charge in [0.1, 0.15) is 0 Å². The highest BCUT2D eigenvalue weighted by atomic mass is 19.2. The summed E-state index contributed by atoms with van der Waals surface area (Å²) in [5.41, 5.74) is -1.99. The van der Waals surface area contributed by atoms with E-state index in [4.69, 9.17) is 5.26 Å². The van der Waals surface area contributed by atoms with Gasteiger partial charge >= 0.3 is 0 Å². The van der Waals surface area contributed by atoms with Crippen LogP contribution in [0.1, 0.15) is 19.4 Å². The fourth-order valence-electron chi connectivity index (χ4n) is 1.25. The number of rotatable bonds is 2. The Balaban J connectivity index is 3.56. The molecule has 1 aromatic carbocycles. The van der Waals surface area contributed by atoms with Crippen molar-refractivity contribution in [2.24, 2.45) is 0 Å². The molecule has 16 heavy (non-hydrogen) atoms. The van der Waals surface area contributed by atoms with Gasteiger partial charge in [-0.05, 0) is 19.9 Å². The van der Waals surface area contributed by atoms with Crippen LogP contribution in [0.15, 0.2) is 12.1 Å². The van der Waals surface area contributed by atoms with Crippen LogP contribution in [0.4, 0.5) is 14.5 Å². The van der Waals surface area contributed by atoms with Gasteiger partial charge in [0, 0.05) is 0 Å². The monoisotopic (exact) mass is 226 g/mol. The molecule has 0 saturated carbocycles. The predicted octanol–water partition coefficient (Wildman–Crippen LogP) is 2.67. The number of hydrogen-bond acceptors (Lipinski definition) is 3. The lowest BCUT2D eigenvalue weighted by atomic mass is 9.85. The Labute approximate surface area is 90.3 Å². The zero-order valence-electron chi connectivity index (χ0n) is 8.62. The molecular formula is C10H8F2N2O2. The minimum absolute atomic E-state index is 0.140. The zero-order chi connectivity index (χ0) is 12.5. The average molecular weight is 226 g/mol. The smallest absolute Gasteiger partial charge is 0.258 e. The van der Waals surface area contributed by atoms with E-state index in [0.717, 1.165) is 0 Å². The fraction of sp³-hybridized carbons (Fsp3) is 0.300. The Morgan fingerprint density at radius 1 is 1.38 bits per heavy atom. The average Bonchev–Trinajstić information content (AvgIpc) is 2.21. The van der Waals surface area contributed by atoms with Crippen molar-refractivity contribution in [1.29, 1.82) is 5.26 Å². The Morgan fingerprint density at radius 3 is 2.31 bits per heavy atom. The third-order valence-electron chi connectivity index (χ3n) is 2.19. The maximum atomic E-state index is 13.0. The largest absolute Gasteiger partial charge is 0.277 e. The van der Waals surface area contributed by atoms with Gasteiger partial charge in [0.05, 0.1) is 28.0 Å². The molecule has 0 bridgehead atoms. The van der Waals surface area contributed by atoms with Crippen LogP contribution in [0.2, 0.25) is 0 Å². The van der Waals surface area contributed by atoms with E-state index < -0.39 is 27.7 Å². The molecule has 0 N–H and O–H groups in total. The van der Waals surface area contributed by atoms with Crippen molar-refractivity contribution in [2.45, 2.75) is 19.3 Å². The van der Waals surface area contributed by atoms with Crippen molar-refractivity contribution in [1.82, 2.24) is 0 Å². The summed E-state index contributed by atoms with van der Waals surface area (Å²) in [5, 5.41) is 19.5. The van der Waals surface area contributed by atoms with Crippen molar-refractivity contribution in [2.75, 3.05) is 0 Å². The number of halogens is 2. The molecule has 0 aliphatic carbocycles. The van der Waals surface area contributed by atoms with Crippen molar-refractivity contribution in [3.05, 3.63) is 39.4 Å². The molecule has 0 aliphatic rings. The second-order valence-corrected chi connectivity index (χ2v) is 3.78. The van der Waals surface area contributed by atoms with Gasteiger partial charge in [0.25, 0.3) is 5.69 Å². The van der Waals surface area contributed by atoms with E-state index in [-0.39, 0.29) is 5.56 Å². The summed E-state index contributed by atoms with van der Waals surface area (Å²) in [6.07, 6.45) is 0. The Hall–Kier alpha value is -2.03. The lowest BCUT2D eigenvalue weighted by Crippen LogP contribution is -2.17. The van der Waals surface area contributed by atoms with E-state index in [2.05, 4.69) is 0 Å². The van der Waals surface area contributed by atoms with Crippen LogP contribution in [0.25, 0.3) is 0 Å². The summed E-state index contributed by atoms with van der Waals surface area (Å²) in [6.45, 7) is 2.79. The number of nitro groups is 1. The van der Waals surface area contributed by atoms with Crippen LogP contribution < -0.4 is 0 Å². The summed E-state index contributed by atoms with van der Waals surface area (Å²) in [7, 11) is 0. The molecule has 6 heteroatoms. The quantitative estimate of drug-likeness (QED) is 0.575. The van der Waals surface area contributed by atoms with E-state index in [1.807, 2.05) is 0 Å². The lowest BCUT2D eigenvalue weighted by molar-refractivity contribution is -0.386. The van der Waals surface area contributed by atoms with Crippen molar-refractivity contribution >= 4 is 5.69 Å². The first-order chi connectivity index (χ1) is 7.29. The van der Waals surface area contributed by atoms with Gasteiger partial charge in [-0.25, -0.2) is 8.78 Å². The molecule has 0 aliphatic heterocycles. The molecule has 0 amide bonds. The van der Waals surface area contributed by atoms with Gasteiger partial charge < -0.3 is 0 Å². The topological polar surface area (TPSA) is 66.9 Å². The van der Waals surface area contributed by atoms with Gasteiger partial charge in [-0.2, -0.15) is 5.26 Å². The summed E-state index contributed by atoms with van der Waals surface area (Å²) >= 11 is 0. The maximum Gasteiger partial charge on any atom is 0.277 e. The number of benzene rings is 1. The molecule has 0 fully saturated rings. The molecule has 0 unspecified atom stereocenters. The highest BCUT2D eigenvalue weighted by Crippen LogP contribution is 2.32. The Morgan fingerprint density at radius 2 is 1.88 bits per heavy atom. The number of nitro benzene ring substituents is 1. The molecule has 0 heterocycles. The van der Waals surface area contributed by atoms with Crippen LogP contribution >= 0.6 is 0 Å². The third-order valence-corrected chi connectivity index (χ3v) is 2.19. The van der Waals surface area contributed by atoms with Crippen molar-refractivity contribution in [3.63, 3.8) is 0 Å². The number of nitrogens with zero attached hydrogens (tertiary/aromatic N) is 2. The SMILES string of the molecule is CC(C)(C#N)c1cc(F)c(F)cc1[N+](=O)[O-]. The first-order valence-electron chi connectivity index (χ1n) is 4.35. The first kappa shape index (κ1) is 12.0. The van der Waals surface area contributed by atoms with E-state index in [9.17, 15) is 18.9 Å². The van der Waals surface area contributed by atoms with Crippen LogP contribution in [-0.4, -0.2) is 4.92 Å². The molecule has 0 radical (unpaired) electrons. The second-order valence-electron chi connectivity index (χ2n) is 3.78. The van der Waals surface area contributed by atoms with E-state index in [1.165, 1.54) is 13.8 Å². The van der Waals surface area contributed by atoms with Crippen LogP contribution in [0.5, 0.6) is 0 Å². The van der Waals surface area contributed by atoms with Gasteiger partial charge in [-0.15, -0.1) is 0 Å². The highest BCUT2D eigenvalue weighted by molar-refractivity contribution is 5.48. The summed E-state index contributed by atoms with van der Waals surface area (Å²) in [4.78, 5) is 9.82. The van der Waals surface area contributed by atoms with Gasteiger partial charge in [0.15, 0.2) is 11.6 Å². The second kappa shape index (κ2) is 3.85. The lowest BCUT2D eigenvalue weighted by Gasteiger charge is -2.15. The number of hydrogen-bond donors (Lipinski definition) is 0.